The second-order valence-electron chi connectivity index (χ2n) is 6.33. The monoisotopic (exact) mass is 369 g/mol. The highest BCUT2D eigenvalue weighted by molar-refractivity contribution is 7.21. The lowest BCUT2D eigenvalue weighted by Gasteiger charge is -2.26. The highest BCUT2D eigenvalue weighted by Gasteiger charge is 2.29. The number of thiophene rings is 2. The summed E-state index contributed by atoms with van der Waals surface area (Å²) in [4.78, 5) is 19.1. The number of carbonyl (C=O) groups is 1. The van der Waals surface area contributed by atoms with Crippen LogP contribution < -0.4 is 11.5 Å². The van der Waals surface area contributed by atoms with Gasteiger partial charge in [0.15, 0.2) is 0 Å². The van der Waals surface area contributed by atoms with Crippen LogP contribution in [0.2, 0.25) is 0 Å². The number of nitrogens with two attached hydrogens (primary N) is 2. The van der Waals surface area contributed by atoms with Crippen LogP contribution in [0.15, 0.2) is 30.2 Å². The number of pyridine rings is 1. The number of carbonyl (C=O) groups excluding carboxylic acids is 1. The third-order valence-corrected chi connectivity index (χ3v) is 6.82. The number of nitrogen functional groups attached to an aromatic ring is 1. The van der Waals surface area contributed by atoms with E-state index in [9.17, 15) is 4.79 Å². The second-order valence-corrected chi connectivity index (χ2v) is 8.28. The SMILES string of the molecule is C=CCC1CCCc2c1nc1sc(C(N)=O)c(N)c1c2-c1cccs1. The number of primary amides is 1. The van der Waals surface area contributed by atoms with Gasteiger partial charge in [0.25, 0.3) is 5.91 Å². The van der Waals surface area contributed by atoms with Crippen molar-refractivity contribution < 1.29 is 4.79 Å². The van der Waals surface area contributed by atoms with E-state index in [1.807, 2.05) is 12.1 Å². The lowest BCUT2D eigenvalue weighted by atomic mass is 9.81. The van der Waals surface area contributed by atoms with E-state index < -0.39 is 5.91 Å². The lowest BCUT2D eigenvalue weighted by molar-refractivity contribution is 0.100. The van der Waals surface area contributed by atoms with Crippen molar-refractivity contribution in [2.75, 3.05) is 5.73 Å². The van der Waals surface area contributed by atoms with Gasteiger partial charge < -0.3 is 11.5 Å². The number of aromatic nitrogens is 1. The highest BCUT2D eigenvalue weighted by Crippen LogP contribution is 2.47. The standard InChI is InChI=1S/C19H19N3OS2/c1-2-5-10-6-3-7-11-13(12-8-4-9-24-12)14-15(20)17(18(21)23)25-19(14)22-16(10)11/h2,4,8-10H,1,3,5-7,20H2,(H2,21,23). The zero-order valence-electron chi connectivity index (χ0n) is 13.7. The minimum atomic E-state index is -0.488. The molecular weight excluding hydrogens is 350 g/mol. The molecule has 0 bridgehead atoms. The fourth-order valence-electron chi connectivity index (χ4n) is 3.77. The Morgan fingerprint density at radius 2 is 2.32 bits per heavy atom. The second kappa shape index (κ2) is 6.28. The number of hydrogen-bond acceptors (Lipinski definition) is 5. The topological polar surface area (TPSA) is 82.0 Å². The van der Waals surface area contributed by atoms with E-state index in [0.717, 1.165) is 47.2 Å². The van der Waals surface area contributed by atoms with Gasteiger partial charge in [-0.25, -0.2) is 4.98 Å². The van der Waals surface area contributed by atoms with Crippen LogP contribution in [0, 0.1) is 0 Å². The van der Waals surface area contributed by atoms with Crippen molar-refractivity contribution in [2.24, 2.45) is 5.73 Å². The molecule has 6 heteroatoms. The van der Waals surface area contributed by atoms with Gasteiger partial charge >= 0.3 is 0 Å². The molecular formula is C19H19N3OS2. The molecule has 0 spiro atoms. The molecule has 0 fully saturated rings. The maximum atomic E-state index is 11.8. The van der Waals surface area contributed by atoms with Gasteiger partial charge in [-0.3, -0.25) is 4.79 Å². The molecule has 4 rings (SSSR count). The van der Waals surface area contributed by atoms with Crippen molar-refractivity contribution in [1.29, 1.82) is 0 Å². The number of amides is 1. The number of fused-ring (bicyclic) bond motifs is 2. The van der Waals surface area contributed by atoms with Crippen LogP contribution in [0.1, 0.15) is 46.1 Å². The summed E-state index contributed by atoms with van der Waals surface area (Å²) in [5, 5.41) is 2.95. The molecule has 128 valence electrons. The molecule has 4 N–H and O–H groups in total. The molecule has 25 heavy (non-hydrogen) atoms. The van der Waals surface area contributed by atoms with Crippen molar-refractivity contribution in [2.45, 2.75) is 31.6 Å². The van der Waals surface area contributed by atoms with Crippen LogP contribution in [-0.4, -0.2) is 10.9 Å². The average Bonchev–Trinajstić information content (AvgIpc) is 3.22. The van der Waals surface area contributed by atoms with Gasteiger partial charge in [-0.1, -0.05) is 12.1 Å². The van der Waals surface area contributed by atoms with Gasteiger partial charge in [-0.2, -0.15) is 0 Å². The number of anilines is 1. The Balaban J connectivity index is 2.09. The quantitative estimate of drug-likeness (QED) is 0.654. The summed E-state index contributed by atoms with van der Waals surface area (Å²) in [6.07, 6.45) is 6.11. The molecule has 0 aliphatic heterocycles. The number of allylic oxidation sites excluding steroid dienone is 1. The maximum Gasteiger partial charge on any atom is 0.260 e. The summed E-state index contributed by atoms with van der Waals surface area (Å²) >= 11 is 2.99. The van der Waals surface area contributed by atoms with Crippen LogP contribution in [-0.2, 0) is 6.42 Å². The molecule has 1 aliphatic carbocycles. The summed E-state index contributed by atoms with van der Waals surface area (Å²) in [6.45, 7) is 3.90. The van der Waals surface area contributed by atoms with Crippen LogP contribution >= 0.6 is 22.7 Å². The molecule has 3 aromatic heterocycles. The Bertz CT molecular complexity index is 973. The van der Waals surface area contributed by atoms with Gasteiger partial charge in [0, 0.05) is 27.4 Å². The predicted molar refractivity (Wildman–Crippen MR) is 106 cm³/mol. The van der Waals surface area contributed by atoms with Gasteiger partial charge in [-0.05, 0) is 42.7 Å². The Hall–Kier alpha value is -2.18. The van der Waals surface area contributed by atoms with Gasteiger partial charge in [0.2, 0.25) is 0 Å². The minimum Gasteiger partial charge on any atom is -0.397 e. The highest BCUT2D eigenvalue weighted by atomic mass is 32.1. The normalized spacial score (nSPS) is 16.7. The maximum absolute atomic E-state index is 11.8. The van der Waals surface area contributed by atoms with Crippen molar-refractivity contribution >= 4 is 44.5 Å². The largest absolute Gasteiger partial charge is 0.397 e. The Labute approximate surface area is 154 Å². The number of hydrogen-bond donors (Lipinski definition) is 2. The molecule has 0 radical (unpaired) electrons. The number of nitrogens with zero attached hydrogens (tertiary/aromatic N) is 1. The lowest BCUT2D eigenvalue weighted by Crippen LogP contribution is -2.13. The Morgan fingerprint density at radius 1 is 1.48 bits per heavy atom. The van der Waals surface area contributed by atoms with Crippen molar-refractivity contribution in [1.82, 2.24) is 4.98 Å². The van der Waals surface area contributed by atoms with Gasteiger partial charge in [0.1, 0.15) is 9.71 Å². The first kappa shape index (κ1) is 16.3. The molecule has 0 saturated carbocycles. The smallest absolute Gasteiger partial charge is 0.260 e. The molecule has 0 saturated heterocycles. The Morgan fingerprint density at radius 3 is 3.00 bits per heavy atom. The fraction of sp³-hybridized carbons (Fsp3) is 0.263. The summed E-state index contributed by atoms with van der Waals surface area (Å²) in [5.41, 5.74) is 15.9. The van der Waals surface area contributed by atoms with Crippen molar-refractivity contribution in [3.63, 3.8) is 0 Å². The molecule has 1 amide bonds. The summed E-state index contributed by atoms with van der Waals surface area (Å²) in [6, 6.07) is 4.15. The zero-order valence-corrected chi connectivity index (χ0v) is 15.4. The summed E-state index contributed by atoms with van der Waals surface area (Å²) in [7, 11) is 0. The minimum absolute atomic E-state index is 0.379. The molecule has 3 heterocycles. The Kier molecular flexibility index (Phi) is 4.09. The van der Waals surface area contributed by atoms with E-state index in [-0.39, 0.29) is 0 Å². The van der Waals surface area contributed by atoms with Crippen LogP contribution in [0.5, 0.6) is 0 Å². The van der Waals surface area contributed by atoms with E-state index in [4.69, 9.17) is 16.5 Å². The van der Waals surface area contributed by atoms with Crippen molar-refractivity contribution in [3.05, 3.63) is 46.3 Å². The molecule has 0 aromatic carbocycles. The first-order valence-corrected chi connectivity index (χ1v) is 10.0. The van der Waals surface area contributed by atoms with Gasteiger partial charge in [-0.15, -0.1) is 29.3 Å². The van der Waals surface area contributed by atoms with Crippen molar-refractivity contribution in [3.8, 4) is 10.4 Å². The molecule has 1 unspecified atom stereocenters. The third-order valence-electron chi connectivity index (χ3n) is 4.82. The van der Waals surface area contributed by atoms with E-state index >= 15 is 0 Å². The molecule has 1 atom stereocenters. The average molecular weight is 370 g/mol. The third kappa shape index (κ3) is 2.56. The predicted octanol–water partition coefficient (Wildman–Crippen LogP) is 4.70. The van der Waals surface area contributed by atoms with Crippen LogP contribution in [0.25, 0.3) is 20.7 Å². The number of rotatable bonds is 4. The van der Waals surface area contributed by atoms with E-state index in [1.54, 1.807) is 11.3 Å². The molecule has 1 aliphatic rings. The summed E-state index contributed by atoms with van der Waals surface area (Å²) < 4.78 is 0. The molecule has 3 aromatic rings. The zero-order chi connectivity index (χ0) is 17.6. The first-order valence-electron chi connectivity index (χ1n) is 8.31. The van der Waals surface area contributed by atoms with E-state index in [0.29, 0.717) is 16.5 Å². The van der Waals surface area contributed by atoms with Gasteiger partial charge in [0.05, 0.1) is 5.69 Å². The van der Waals surface area contributed by atoms with Crippen LogP contribution in [0.3, 0.4) is 0 Å². The summed E-state index contributed by atoms with van der Waals surface area (Å²) in [5.74, 6) is -0.108. The van der Waals surface area contributed by atoms with Crippen LogP contribution in [0.4, 0.5) is 5.69 Å². The fourth-order valence-corrected chi connectivity index (χ4v) is 5.53. The van der Waals surface area contributed by atoms with E-state index in [1.165, 1.54) is 21.8 Å². The van der Waals surface area contributed by atoms with E-state index in [2.05, 4.69) is 18.0 Å². The first-order chi connectivity index (χ1) is 12.1. The molecule has 4 nitrogen and oxygen atoms in total.